The molecule has 0 radical (unpaired) electrons. The second-order valence-electron chi connectivity index (χ2n) is 4.00. The van der Waals surface area contributed by atoms with Gasteiger partial charge >= 0.3 is 0 Å². The molecule has 0 aromatic carbocycles. The molecule has 13 heavy (non-hydrogen) atoms. The summed E-state index contributed by atoms with van der Waals surface area (Å²) in [5, 5.41) is 3.40. The Morgan fingerprint density at radius 3 is 2.54 bits per heavy atom. The van der Waals surface area contributed by atoms with Crippen molar-refractivity contribution in [1.29, 1.82) is 0 Å². The van der Waals surface area contributed by atoms with E-state index in [2.05, 4.69) is 34.1 Å². The molecule has 1 fully saturated rings. The van der Waals surface area contributed by atoms with E-state index in [-0.39, 0.29) is 0 Å². The van der Waals surface area contributed by atoms with Crippen LogP contribution in [-0.2, 0) is 0 Å². The van der Waals surface area contributed by atoms with Crippen LogP contribution in [0.3, 0.4) is 0 Å². The van der Waals surface area contributed by atoms with Crippen LogP contribution in [0, 0.1) is 0 Å². The summed E-state index contributed by atoms with van der Waals surface area (Å²) in [6.45, 7) is 7.61. The first-order valence-electron chi connectivity index (χ1n) is 5.00. The van der Waals surface area contributed by atoms with Gasteiger partial charge in [-0.05, 0) is 14.0 Å². The Kier molecular flexibility index (Phi) is 2.40. The predicted molar refractivity (Wildman–Crippen MR) is 54.0 cm³/mol. The first-order chi connectivity index (χ1) is 6.25. The normalized spacial score (nSPS) is 30.2. The highest BCUT2D eigenvalue weighted by atomic mass is 15.4. The fraction of sp³-hybridized carbons (Fsp3) is 0.889. The van der Waals surface area contributed by atoms with E-state index >= 15 is 0 Å². The average molecular weight is 182 g/mol. The molecule has 0 spiro atoms. The molecular formula is C9H18N4. The van der Waals surface area contributed by atoms with Crippen molar-refractivity contribution in [2.24, 2.45) is 4.99 Å². The zero-order valence-corrected chi connectivity index (χ0v) is 8.45. The van der Waals surface area contributed by atoms with Gasteiger partial charge in [-0.15, -0.1) is 0 Å². The van der Waals surface area contributed by atoms with E-state index < -0.39 is 0 Å². The second kappa shape index (κ2) is 3.54. The van der Waals surface area contributed by atoms with Crippen molar-refractivity contribution in [3.05, 3.63) is 0 Å². The molecule has 74 valence electrons. The quantitative estimate of drug-likeness (QED) is 0.552. The molecule has 2 aliphatic heterocycles. The van der Waals surface area contributed by atoms with Gasteiger partial charge in [0.1, 0.15) is 0 Å². The SMILES string of the molecule is CC1CN=C(N2CCN(C)CC2)N1. The number of aliphatic imine (C=N–C) groups is 1. The van der Waals surface area contributed by atoms with Gasteiger partial charge < -0.3 is 15.1 Å². The van der Waals surface area contributed by atoms with Crippen LogP contribution in [0.25, 0.3) is 0 Å². The summed E-state index contributed by atoms with van der Waals surface area (Å²) in [6.07, 6.45) is 0. The Balaban J connectivity index is 1.88. The smallest absolute Gasteiger partial charge is 0.194 e. The van der Waals surface area contributed by atoms with Crippen molar-refractivity contribution in [2.45, 2.75) is 13.0 Å². The molecule has 0 saturated carbocycles. The van der Waals surface area contributed by atoms with Crippen LogP contribution >= 0.6 is 0 Å². The topological polar surface area (TPSA) is 30.9 Å². The zero-order valence-electron chi connectivity index (χ0n) is 8.45. The number of guanidine groups is 1. The Bertz CT molecular complexity index is 206. The van der Waals surface area contributed by atoms with Crippen molar-refractivity contribution in [2.75, 3.05) is 39.8 Å². The monoisotopic (exact) mass is 182 g/mol. The van der Waals surface area contributed by atoms with Crippen molar-refractivity contribution in [3.8, 4) is 0 Å². The van der Waals surface area contributed by atoms with E-state index in [0.717, 1.165) is 38.7 Å². The van der Waals surface area contributed by atoms with Crippen LogP contribution in [0.2, 0.25) is 0 Å². The Morgan fingerprint density at radius 1 is 1.31 bits per heavy atom. The Labute approximate surface area is 79.6 Å². The summed E-state index contributed by atoms with van der Waals surface area (Å²) in [6, 6.07) is 0.523. The maximum Gasteiger partial charge on any atom is 0.194 e. The maximum atomic E-state index is 4.48. The minimum Gasteiger partial charge on any atom is -0.352 e. The molecule has 0 aromatic heterocycles. The first kappa shape index (κ1) is 8.81. The highest BCUT2D eigenvalue weighted by Gasteiger charge is 2.21. The Hall–Kier alpha value is -0.770. The molecule has 0 bridgehead atoms. The summed E-state index contributed by atoms with van der Waals surface area (Å²) in [5.74, 6) is 1.11. The molecule has 0 aliphatic carbocycles. The fourth-order valence-corrected chi connectivity index (χ4v) is 1.74. The molecule has 2 aliphatic rings. The molecule has 1 saturated heterocycles. The number of nitrogens with zero attached hydrogens (tertiary/aromatic N) is 3. The lowest BCUT2D eigenvalue weighted by molar-refractivity contribution is 0.212. The lowest BCUT2D eigenvalue weighted by Gasteiger charge is -2.33. The fourth-order valence-electron chi connectivity index (χ4n) is 1.74. The highest BCUT2D eigenvalue weighted by Crippen LogP contribution is 2.04. The van der Waals surface area contributed by atoms with Crippen LogP contribution in [-0.4, -0.2) is 61.6 Å². The van der Waals surface area contributed by atoms with Crippen molar-refractivity contribution >= 4 is 5.96 Å². The maximum absolute atomic E-state index is 4.48. The third-order valence-corrected chi connectivity index (χ3v) is 2.69. The van der Waals surface area contributed by atoms with Crippen LogP contribution in [0.5, 0.6) is 0 Å². The van der Waals surface area contributed by atoms with E-state index in [0.29, 0.717) is 6.04 Å². The lowest BCUT2D eigenvalue weighted by atomic mass is 10.3. The Morgan fingerprint density at radius 2 is 2.00 bits per heavy atom. The molecule has 0 amide bonds. The predicted octanol–water partition coefficient (Wildman–Crippen LogP) is -0.418. The first-order valence-corrected chi connectivity index (χ1v) is 5.00. The number of hydrogen-bond donors (Lipinski definition) is 1. The minimum atomic E-state index is 0.523. The van der Waals surface area contributed by atoms with E-state index in [4.69, 9.17) is 0 Å². The van der Waals surface area contributed by atoms with E-state index in [1.165, 1.54) is 0 Å². The molecule has 4 nitrogen and oxygen atoms in total. The van der Waals surface area contributed by atoms with Gasteiger partial charge in [0.05, 0.1) is 6.54 Å². The third-order valence-electron chi connectivity index (χ3n) is 2.69. The van der Waals surface area contributed by atoms with Gasteiger partial charge in [0, 0.05) is 32.2 Å². The molecule has 1 atom stereocenters. The summed E-state index contributed by atoms with van der Waals surface area (Å²) in [5.41, 5.74) is 0. The summed E-state index contributed by atoms with van der Waals surface area (Å²) < 4.78 is 0. The lowest BCUT2D eigenvalue weighted by Crippen LogP contribution is -2.51. The summed E-state index contributed by atoms with van der Waals surface area (Å²) >= 11 is 0. The van der Waals surface area contributed by atoms with Gasteiger partial charge in [0.15, 0.2) is 5.96 Å². The van der Waals surface area contributed by atoms with Crippen LogP contribution < -0.4 is 5.32 Å². The van der Waals surface area contributed by atoms with Gasteiger partial charge in [0.25, 0.3) is 0 Å². The van der Waals surface area contributed by atoms with E-state index in [9.17, 15) is 0 Å². The standard InChI is InChI=1S/C9H18N4/c1-8-7-10-9(11-8)13-5-3-12(2)4-6-13/h8H,3-7H2,1-2H3,(H,10,11). The van der Waals surface area contributed by atoms with Crippen molar-refractivity contribution in [1.82, 2.24) is 15.1 Å². The third kappa shape index (κ3) is 1.94. The summed E-state index contributed by atoms with van der Waals surface area (Å²) in [7, 11) is 2.17. The van der Waals surface area contributed by atoms with Gasteiger partial charge in [-0.2, -0.15) is 0 Å². The minimum absolute atomic E-state index is 0.523. The molecule has 1 N–H and O–H groups in total. The van der Waals surface area contributed by atoms with Crippen molar-refractivity contribution < 1.29 is 0 Å². The molecule has 1 unspecified atom stereocenters. The highest BCUT2D eigenvalue weighted by molar-refractivity contribution is 5.82. The molecular weight excluding hydrogens is 164 g/mol. The van der Waals surface area contributed by atoms with Gasteiger partial charge in [-0.25, -0.2) is 0 Å². The number of piperazine rings is 1. The van der Waals surface area contributed by atoms with Gasteiger partial charge in [-0.3, -0.25) is 4.99 Å². The molecule has 4 heteroatoms. The van der Waals surface area contributed by atoms with E-state index in [1.54, 1.807) is 0 Å². The zero-order chi connectivity index (χ0) is 9.26. The largest absolute Gasteiger partial charge is 0.352 e. The molecule has 0 aromatic rings. The van der Waals surface area contributed by atoms with E-state index in [1.807, 2.05) is 0 Å². The van der Waals surface area contributed by atoms with Crippen molar-refractivity contribution in [3.63, 3.8) is 0 Å². The number of nitrogens with one attached hydrogen (secondary N) is 1. The average Bonchev–Trinajstić information content (AvgIpc) is 2.53. The second-order valence-corrected chi connectivity index (χ2v) is 4.00. The van der Waals surface area contributed by atoms with Crippen LogP contribution in [0.1, 0.15) is 6.92 Å². The van der Waals surface area contributed by atoms with Crippen LogP contribution in [0.4, 0.5) is 0 Å². The number of hydrogen-bond acceptors (Lipinski definition) is 4. The van der Waals surface area contributed by atoms with Gasteiger partial charge in [0.2, 0.25) is 0 Å². The van der Waals surface area contributed by atoms with Gasteiger partial charge in [-0.1, -0.05) is 0 Å². The number of likely N-dealkylation sites (N-methyl/N-ethyl adjacent to an activating group) is 1. The summed E-state index contributed by atoms with van der Waals surface area (Å²) in [4.78, 5) is 9.19. The molecule has 2 heterocycles. The molecule has 2 rings (SSSR count). The van der Waals surface area contributed by atoms with Crippen LogP contribution in [0.15, 0.2) is 4.99 Å². The number of rotatable bonds is 0.